The van der Waals surface area contributed by atoms with Crippen LogP contribution >= 0.6 is 15.9 Å². The highest BCUT2D eigenvalue weighted by atomic mass is 79.9. The maximum absolute atomic E-state index is 6.00. The first-order valence-electron chi connectivity index (χ1n) is 6.14. The van der Waals surface area contributed by atoms with Crippen molar-refractivity contribution in [1.29, 1.82) is 0 Å². The number of benzene rings is 1. The normalized spacial score (nSPS) is 13.1. The van der Waals surface area contributed by atoms with Gasteiger partial charge in [0, 0.05) is 17.1 Å². The second-order valence-electron chi connectivity index (χ2n) is 4.92. The molecule has 96 valence electrons. The van der Waals surface area contributed by atoms with E-state index in [0.717, 1.165) is 16.8 Å². The number of hydrogen-bond donors (Lipinski definition) is 1. The molecule has 1 aromatic rings. The molecular weight excluding hydrogens is 278 g/mol. The van der Waals surface area contributed by atoms with E-state index in [1.165, 1.54) is 0 Å². The minimum absolute atomic E-state index is 0.207. The smallest absolute Gasteiger partial charge is 0.119 e. The molecule has 1 N–H and O–H groups in total. The first-order valence-corrected chi connectivity index (χ1v) is 6.94. The lowest BCUT2D eigenvalue weighted by molar-refractivity contribution is 0.146. The molecule has 0 aromatic heterocycles. The number of halogens is 1. The molecule has 0 amide bonds. The van der Waals surface area contributed by atoms with E-state index < -0.39 is 0 Å². The summed E-state index contributed by atoms with van der Waals surface area (Å²) in [6.45, 7) is 9.55. The van der Waals surface area contributed by atoms with E-state index >= 15 is 0 Å². The Bertz CT molecular complexity index is 321. The lowest BCUT2D eigenvalue weighted by atomic mass is 10.1. The van der Waals surface area contributed by atoms with Gasteiger partial charge in [0.15, 0.2) is 0 Å². The highest BCUT2D eigenvalue weighted by Gasteiger charge is 2.15. The van der Waals surface area contributed by atoms with Crippen LogP contribution in [0, 0.1) is 5.92 Å². The molecule has 0 aliphatic heterocycles. The van der Waals surface area contributed by atoms with Gasteiger partial charge < -0.3 is 10.1 Å². The van der Waals surface area contributed by atoms with Crippen LogP contribution in [0.15, 0.2) is 28.7 Å². The standard InChI is InChI=1S/C14H22BrNO/c1-10(2)14(9-16-11(3)4)17-13-7-5-12(15)6-8-13/h5-8,10-11,14,16H,9H2,1-4H3. The highest BCUT2D eigenvalue weighted by molar-refractivity contribution is 9.10. The summed E-state index contributed by atoms with van der Waals surface area (Å²) in [5, 5.41) is 3.42. The van der Waals surface area contributed by atoms with Crippen molar-refractivity contribution in [2.45, 2.75) is 39.8 Å². The van der Waals surface area contributed by atoms with Crippen LogP contribution in [0.2, 0.25) is 0 Å². The minimum atomic E-state index is 0.207. The van der Waals surface area contributed by atoms with Crippen molar-refractivity contribution in [3.8, 4) is 5.75 Å². The summed E-state index contributed by atoms with van der Waals surface area (Å²) in [5.41, 5.74) is 0. The van der Waals surface area contributed by atoms with Crippen LogP contribution < -0.4 is 10.1 Å². The van der Waals surface area contributed by atoms with Crippen LogP contribution in [0.3, 0.4) is 0 Å². The molecule has 1 aromatic carbocycles. The lowest BCUT2D eigenvalue weighted by Gasteiger charge is -2.24. The Hall–Kier alpha value is -0.540. The summed E-state index contributed by atoms with van der Waals surface area (Å²) in [6.07, 6.45) is 0.207. The molecular formula is C14H22BrNO. The summed E-state index contributed by atoms with van der Waals surface area (Å²) in [6, 6.07) is 8.49. The Morgan fingerprint density at radius 2 is 1.71 bits per heavy atom. The van der Waals surface area contributed by atoms with Crippen LogP contribution in [0.5, 0.6) is 5.75 Å². The van der Waals surface area contributed by atoms with E-state index in [-0.39, 0.29) is 6.10 Å². The molecule has 3 heteroatoms. The van der Waals surface area contributed by atoms with Gasteiger partial charge in [-0.3, -0.25) is 0 Å². The second-order valence-corrected chi connectivity index (χ2v) is 5.83. The second kappa shape index (κ2) is 7.02. The SMILES string of the molecule is CC(C)NCC(Oc1ccc(Br)cc1)C(C)C. The predicted octanol–water partition coefficient (Wildman–Crippen LogP) is 3.85. The van der Waals surface area contributed by atoms with Crippen molar-refractivity contribution in [2.75, 3.05) is 6.54 Å². The van der Waals surface area contributed by atoms with E-state index in [2.05, 4.69) is 48.9 Å². The maximum atomic E-state index is 6.00. The fourth-order valence-electron chi connectivity index (χ4n) is 1.45. The summed E-state index contributed by atoms with van der Waals surface area (Å²) >= 11 is 3.42. The minimum Gasteiger partial charge on any atom is -0.489 e. The molecule has 0 aliphatic carbocycles. The summed E-state index contributed by atoms with van der Waals surface area (Å²) < 4.78 is 7.07. The first-order chi connectivity index (χ1) is 7.99. The molecule has 1 atom stereocenters. The van der Waals surface area contributed by atoms with Gasteiger partial charge >= 0.3 is 0 Å². The van der Waals surface area contributed by atoms with Gasteiger partial charge in [-0.1, -0.05) is 43.6 Å². The van der Waals surface area contributed by atoms with Crippen LogP contribution in [-0.4, -0.2) is 18.7 Å². The van der Waals surface area contributed by atoms with Crippen molar-refractivity contribution in [2.24, 2.45) is 5.92 Å². The van der Waals surface area contributed by atoms with Gasteiger partial charge in [-0.15, -0.1) is 0 Å². The molecule has 17 heavy (non-hydrogen) atoms. The molecule has 0 fully saturated rings. The largest absolute Gasteiger partial charge is 0.489 e. The van der Waals surface area contributed by atoms with Crippen LogP contribution in [-0.2, 0) is 0 Å². The molecule has 0 bridgehead atoms. The van der Waals surface area contributed by atoms with Crippen molar-refractivity contribution < 1.29 is 4.74 Å². The zero-order valence-corrected chi connectivity index (χ0v) is 12.6. The Kier molecular flexibility index (Phi) is 6.00. The molecule has 0 saturated carbocycles. The van der Waals surface area contributed by atoms with Gasteiger partial charge in [0.05, 0.1) is 0 Å². The van der Waals surface area contributed by atoms with Gasteiger partial charge in [0.2, 0.25) is 0 Å². The molecule has 0 radical (unpaired) electrons. The molecule has 2 nitrogen and oxygen atoms in total. The van der Waals surface area contributed by atoms with Crippen molar-refractivity contribution in [1.82, 2.24) is 5.32 Å². The van der Waals surface area contributed by atoms with Crippen LogP contribution in [0.25, 0.3) is 0 Å². The predicted molar refractivity (Wildman–Crippen MR) is 76.5 cm³/mol. The van der Waals surface area contributed by atoms with E-state index in [1.54, 1.807) is 0 Å². The molecule has 0 heterocycles. The summed E-state index contributed by atoms with van der Waals surface area (Å²) in [4.78, 5) is 0. The first kappa shape index (κ1) is 14.5. The Labute approximate surface area is 113 Å². The number of hydrogen-bond acceptors (Lipinski definition) is 2. The van der Waals surface area contributed by atoms with Crippen LogP contribution in [0.1, 0.15) is 27.7 Å². The number of rotatable bonds is 6. The van der Waals surface area contributed by atoms with E-state index in [4.69, 9.17) is 4.74 Å². The Balaban J connectivity index is 2.57. The number of ether oxygens (including phenoxy) is 1. The fraction of sp³-hybridized carbons (Fsp3) is 0.571. The fourth-order valence-corrected chi connectivity index (χ4v) is 1.72. The topological polar surface area (TPSA) is 21.3 Å². The third-order valence-electron chi connectivity index (χ3n) is 2.57. The zero-order chi connectivity index (χ0) is 12.8. The quantitative estimate of drug-likeness (QED) is 0.861. The zero-order valence-electron chi connectivity index (χ0n) is 11.0. The molecule has 1 unspecified atom stereocenters. The molecule has 1 rings (SSSR count). The highest BCUT2D eigenvalue weighted by Crippen LogP contribution is 2.19. The van der Waals surface area contributed by atoms with Crippen molar-refractivity contribution >= 4 is 15.9 Å². The van der Waals surface area contributed by atoms with Gasteiger partial charge in [0.1, 0.15) is 11.9 Å². The average molecular weight is 300 g/mol. The van der Waals surface area contributed by atoms with E-state index in [1.807, 2.05) is 24.3 Å². The van der Waals surface area contributed by atoms with Crippen molar-refractivity contribution in [3.63, 3.8) is 0 Å². The maximum Gasteiger partial charge on any atom is 0.119 e. The third-order valence-corrected chi connectivity index (χ3v) is 3.10. The van der Waals surface area contributed by atoms with Crippen LogP contribution in [0.4, 0.5) is 0 Å². The molecule has 0 spiro atoms. The third kappa shape index (κ3) is 5.55. The van der Waals surface area contributed by atoms with Gasteiger partial charge in [0.25, 0.3) is 0 Å². The average Bonchev–Trinajstić information content (AvgIpc) is 2.26. The molecule has 0 saturated heterocycles. The summed E-state index contributed by atoms with van der Waals surface area (Å²) in [7, 11) is 0. The monoisotopic (exact) mass is 299 g/mol. The number of nitrogens with one attached hydrogen (secondary N) is 1. The molecule has 0 aliphatic rings. The van der Waals surface area contributed by atoms with E-state index in [0.29, 0.717) is 12.0 Å². The Morgan fingerprint density at radius 1 is 1.12 bits per heavy atom. The summed E-state index contributed by atoms with van der Waals surface area (Å²) in [5.74, 6) is 1.42. The lowest BCUT2D eigenvalue weighted by Crippen LogP contribution is -2.38. The van der Waals surface area contributed by atoms with Gasteiger partial charge in [-0.2, -0.15) is 0 Å². The van der Waals surface area contributed by atoms with Gasteiger partial charge in [-0.05, 0) is 30.2 Å². The van der Waals surface area contributed by atoms with Gasteiger partial charge in [-0.25, -0.2) is 0 Å². The van der Waals surface area contributed by atoms with Crippen molar-refractivity contribution in [3.05, 3.63) is 28.7 Å². The van der Waals surface area contributed by atoms with E-state index in [9.17, 15) is 0 Å². The Morgan fingerprint density at radius 3 is 2.18 bits per heavy atom.